The molecule has 1 aliphatic carbocycles. The maximum absolute atomic E-state index is 12.2. The summed E-state index contributed by atoms with van der Waals surface area (Å²) in [6.07, 6.45) is 5.96. The Morgan fingerprint density at radius 1 is 1.28 bits per heavy atom. The first-order valence-electron chi connectivity index (χ1n) is 8.31. The number of rotatable bonds is 5. The second kappa shape index (κ2) is 10.4. The predicted octanol–water partition coefficient (Wildman–Crippen LogP) is 3.92. The summed E-state index contributed by atoms with van der Waals surface area (Å²) < 4.78 is 5.77. The molecule has 0 unspecified atom stereocenters. The van der Waals surface area contributed by atoms with Crippen LogP contribution in [0.15, 0.2) is 24.3 Å². The van der Waals surface area contributed by atoms with Gasteiger partial charge in [0.05, 0.1) is 0 Å². The Labute approximate surface area is 166 Å². The molecule has 4 nitrogen and oxygen atoms in total. The fraction of sp³-hybridized carbons (Fsp3) is 0.556. The van der Waals surface area contributed by atoms with Crippen molar-refractivity contribution in [2.24, 2.45) is 5.92 Å². The van der Waals surface area contributed by atoms with Crippen molar-refractivity contribution < 1.29 is 14.4 Å². The molecule has 0 atom stereocenters. The van der Waals surface area contributed by atoms with Gasteiger partial charge in [-0.1, -0.05) is 0 Å². The first kappa shape index (κ1) is 20.6. The van der Waals surface area contributed by atoms with Crippen LogP contribution in [0.3, 0.4) is 0 Å². The van der Waals surface area contributed by atoms with Crippen molar-refractivity contribution >= 4 is 49.2 Å². The van der Waals surface area contributed by atoms with Crippen LogP contribution in [0.4, 0.5) is 0 Å². The molecule has 0 bridgehead atoms. The number of methoxy groups -OCH3 is 1. The summed E-state index contributed by atoms with van der Waals surface area (Å²) in [6, 6.07) is 8.34. The van der Waals surface area contributed by atoms with E-state index in [1.165, 1.54) is 22.4 Å². The Balaban J connectivity index is 1.71. The topological polar surface area (TPSA) is 38.8 Å². The molecule has 7 heteroatoms. The number of nitrogens with zero attached hydrogens (tertiary/aromatic N) is 1. The van der Waals surface area contributed by atoms with Gasteiger partial charge in [-0.3, -0.25) is 0 Å². The third kappa shape index (κ3) is 6.48. The van der Waals surface area contributed by atoms with Crippen molar-refractivity contribution in [1.82, 2.24) is 5.06 Å². The van der Waals surface area contributed by atoms with E-state index in [4.69, 9.17) is 21.8 Å². The van der Waals surface area contributed by atoms with Crippen LogP contribution in [0.2, 0.25) is 4.82 Å². The molecule has 0 saturated heterocycles. The summed E-state index contributed by atoms with van der Waals surface area (Å²) in [5, 5.41) is 2.55. The Morgan fingerprint density at radius 3 is 2.48 bits per heavy atom. The number of carbonyl (C=O) groups is 1. The van der Waals surface area contributed by atoms with Crippen LogP contribution in [0.1, 0.15) is 31.2 Å². The van der Waals surface area contributed by atoms with Crippen LogP contribution in [0.25, 0.3) is 0 Å². The third-order valence-corrected chi connectivity index (χ3v) is 8.70. The van der Waals surface area contributed by atoms with E-state index in [9.17, 15) is 4.79 Å². The summed E-state index contributed by atoms with van der Waals surface area (Å²) in [5.41, 5.74) is 1.37. The molecule has 138 valence electrons. The van der Waals surface area contributed by atoms with Gasteiger partial charge in [0.25, 0.3) is 0 Å². The van der Waals surface area contributed by atoms with Crippen molar-refractivity contribution in [2.45, 2.75) is 35.8 Å². The molecular formula is C18H25NO3S2Se. The summed E-state index contributed by atoms with van der Waals surface area (Å²) in [6.45, 7) is 0. The molecule has 1 fully saturated rings. The van der Waals surface area contributed by atoms with Crippen LogP contribution in [-0.4, -0.2) is 50.7 Å². The van der Waals surface area contributed by atoms with Crippen LogP contribution >= 0.6 is 24.0 Å². The number of ether oxygens (including phenoxy) is 1. The van der Waals surface area contributed by atoms with Gasteiger partial charge < -0.3 is 0 Å². The number of hydrogen-bond acceptors (Lipinski definition) is 5. The number of carbonyl (C=O) groups excluding carboxylic acids is 1. The van der Waals surface area contributed by atoms with Gasteiger partial charge >= 0.3 is 166 Å². The van der Waals surface area contributed by atoms with Crippen molar-refractivity contribution in [3.05, 3.63) is 29.8 Å². The Kier molecular flexibility index (Phi) is 8.56. The van der Waals surface area contributed by atoms with E-state index in [0.29, 0.717) is 19.3 Å². The second-order valence-electron chi connectivity index (χ2n) is 6.01. The minimum absolute atomic E-state index is 0.0140. The van der Waals surface area contributed by atoms with E-state index in [-0.39, 0.29) is 11.9 Å². The Bertz CT molecular complexity index is 574. The molecule has 25 heavy (non-hydrogen) atoms. The summed E-state index contributed by atoms with van der Waals surface area (Å²) in [7, 11) is 3.38. The predicted molar refractivity (Wildman–Crippen MR) is 108 cm³/mol. The third-order valence-electron chi connectivity index (χ3n) is 4.31. The molecule has 1 aromatic carbocycles. The standard InChI is InChI=1S/C18H25NO3S2Se/c1-19(18(23)24-3)22-17(20)14-6-10-16(11-7-14)25-12-13-4-8-15(21-2)9-5-13/h4-5,8-9,14,16H,6-7,10-12H2,1-3H3. The second-order valence-corrected chi connectivity index (χ2v) is 10.2. The molecule has 0 radical (unpaired) electrons. The molecule has 1 saturated carbocycles. The van der Waals surface area contributed by atoms with Gasteiger partial charge in [-0.25, -0.2) is 0 Å². The number of thioether (sulfide) groups is 1. The normalized spacial score (nSPS) is 20.0. The molecule has 0 N–H and O–H groups in total. The van der Waals surface area contributed by atoms with Crippen LogP contribution < -0.4 is 4.74 Å². The number of hydroxylamine groups is 2. The average Bonchev–Trinajstić information content (AvgIpc) is 2.66. The van der Waals surface area contributed by atoms with E-state index in [0.717, 1.165) is 41.6 Å². The van der Waals surface area contributed by atoms with Crippen molar-refractivity contribution in [3.8, 4) is 5.75 Å². The zero-order valence-corrected chi connectivity index (χ0v) is 18.2. The van der Waals surface area contributed by atoms with Gasteiger partial charge in [0.1, 0.15) is 0 Å². The van der Waals surface area contributed by atoms with Gasteiger partial charge in [-0.05, 0) is 0 Å². The Hall–Kier alpha value is -0.751. The SMILES string of the molecule is COc1ccc(C[Se]C2CCC(C(=O)ON(C)C(=S)SC)CC2)cc1. The average molecular weight is 446 g/mol. The van der Waals surface area contributed by atoms with E-state index < -0.39 is 0 Å². The fourth-order valence-electron chi connectivity index (χ4n) is 2.78. The monoisotopic (exact) mass is 447 g/mol. The van der Waals surface area contributed by atoms with Gasteiger partial charge in [0.2, 0.25) is 0 Å². The molecule has 1 aromatic rings. The van der Waals surface area contributed by atoms with Gasteiger partial charge in [-0.15, -0.1) is 0 Å². The first-order valence-corrected chi connectivity index (χ1v) is 12.1. The molecule has 0 spiro atoms. The maximum atomic E-state index is 12.2. The molecule has 0 amide bonds. The van der Waals surface area contributed by atoms with Gasteiger partial charge in [0.15, 0.2) is 0 Å². The first-order chi connectivity index (χ1) is 12.0. The zero-order valence-electron chi connectivity index (χ0n) is 14.9. The zero-order chi connectivity index (χ0) is 18.2. The minimum atomic E-state index is -0.139. The van der Waals surface area contributed by atoms with Gasteiger partial charge in [-0.2, -0.15) is 0 Å². The molecule has 0 aromatic heterocycles. The van der Waals surface area contributed by atoms with E-state index in [1.54, 1.807) is 14.2 Å². The molecule has 1 aliphatic rings. The van der Waals surface area contributed by atoms with E-state index in [1.807, 2.05) is 18.4 Å². The van der Waals surface area contributed by atoms with Crippen molar-refractivity contribution in [3.63, 3.8) is 0 Å². The molecule has 2 rings (SSSR count). The van der Waals surface area contributed by atoms with Crippen LogP contribution in [0, 0.1) is 5.92 Å². The number of thiocarbonyl (C=S) groups is 1. The van der Waals surface area contributed by atoms with Crippen molar-refractivity contribution in [2.75, 3.05) is 20.4 Å². The number of benzene rings is 1. The van der Waals surface area contributed by atoms with Crippen LogP contribution in [-0.2, 0) is 15.0 Å². The van der Waals surface area contributed by atoms with Gasteiger partial charge in [0, 0.05) is 0 Å². The summed E-state index contributed by atoms with van der Waals surface area (Å²) in [4.78, 5) is 18.3. The van der Waals surface area contributed by atoms with E-state index >= 15 is 0 Å². The molecule has 0 heterocycles. The molecule has 0 aliphatic heterocycles. The molecular weight excluding hydrogens is 421 g/mol. The Morgan fingerprint density at radius 2 is 1.92 bits per heavy atom. The quantitative estimate of drug-likeness (QED) is 0.388. The van der Waals surface area contributed by atoms with Crippen molar-refractivity contribution in [1.29, 1.82) is 0 Å². The number of hydrogen-bond donors (Lipinski definition) is 0. The summed E-state index contributed by atoms with van der Waals surface area (Å²) in [5.74, 6) is 0.779. The van der Waals surface area contributed by atoms with E-state index in [2.05, 4.69) is 12.1 Å². The summed E-state index contributed by atoms with van der Waals surface area (Å²) >= 11 is 7.09. The fourth-order valence-corrected chi connectivity index (χ4v) is 5.68. The van der Waals surface area contributed by atoms with Crippen LogP contribution in [0.5, 0.6) is 5.75 Å².